The predicted octanol–water partition coefficient (Wildman–Crippen LogP) is 1.59. The minimum absolute atomic E-state index is 0.00774. The van der Waals surface area contributed by atoms with Crippen LogP contribution in [0.3, 0.4) is 0 Å². The van der Waals surface area contributed by atoms with Crippen molar-refractivity contribution in [2.75, 3.05) is 18.5 Å². The molecule has 0 radical (unpaired) electrons. The van der Waals surface area contributed by atoms with E-state index in [2.05, 4.69) is 15.5 Å². The highest BCUT2D eigenvalue weighted by molar-refractivity contribution is 6.25. The van der Waals surface area contributed by atoms with Gasteiger partial charge in [-0.3, -0.25) is 53.9 Å². The van der Waals surface area contributed by atoms with Gasteiger partial charge in [0.2, 0.25) is 11.8 Å². The molecule has 0 aromatic heterocycles. The topological polar surface area (TPSA) is 221 Å². The average molecular weight is 624 g/mol. The van der Waals surface area contributed by atoms with Crippen LogP contribution in [-0.2, 0) is 35.4 Å². The molecule has 0 bridgehead atoms. The molecule has 17 heteroatoms. The van der Waals surface area contributed by atoms with Gasteiger partial charge in [0, 0.05) is 37.6 Å². The van der Waals surface area contributed by atoms with Crippen LogP contribution in [0.15, 0.2) is 36.4 Å². The summed E-state index contributed by atoms with van der Waals surface area (Å²) in [6.45, 7) is -0.193. The van der Waals surface area contributed by atoms with E-state index in [0.29, 0.717) is 18.7 Å². The number of hydrogen-bond donors (Lipinski definition) is 2. The number of piperidine rings is 1. The fourth-order valence-corrected chi connectivity index (χ4v) is 4.99. The van der Waals surface area contributed by atoms with Crippen LogP contribution < -0.4 is 15.4 Å². The molecule has 2 fully saturated rings. The molecule has 234 valence electrons. The minimum atomic E-state index is -1.39. The number of fused-ring (bicyclic) bond motifs is 1. The Morgan fingerprint density at radius 1 is 1.02 bits per heavy atom. The SMILES string of the molecule is O=C1CCC(N2C(=O)c3cccc(NCCCOc4ccc([N+](=O)[O-])c(COC(=O)ON5C(=O)CCC5=O)c4)c3C2=O)C(=O)N1. The molecular weight excluding hydrogens is 598 g/mol. The highest BCUT2D eigenvalue weighted by Crippen LogP contribution is 2.32. The van der Waals surface area contributed by atoms with Crippen molar-refractivity contribution in [2.45, 2.75) is 44.8 Å². The van der Waals surface area contributed by atoms with Gasteiger partial charge >= 0.3 is 6.16 Å². The van der Waals surface area contributed by atoms with Gasteiger partial charge in [-0.15, -0.1) is 0 Å². The van der Waals surface area contributed by atoms with Crippen molar-refractivity contribution in [3.63, 3.8) is 0 Å². The van der Waals surface area contributed by atoms with Gasteiger partial charge in [-0.25, -0.2) is 4.79 Å². The molecule has 3 aliphatic rings. The van der Waals surface area contributed by atoms with Gasteiger partial charge < -0.3 is 14.8 Å². The Bertz CT molecular complexity index is 1620. The number of nitrogens with one attached hydrogen (secondary N) is 2. The quantitative estimate of drug-likeness (QED) is 0.119. The predicted molar refractivity (Wildman–Crippen MR) is 147 cm³/mol. The fraction of sp³-hybridized carbons (Fsp3) is 0.321. The first-order chi connectivity index (χ1) is 21.5. The van der Waals surface area contributed by atoms with Crippen molar-refractivity contribution in [3.05, 3.63) is 63.2 Å². The van der Waals surface area contributed by atoms with Crippen molar-refractivity contribution < 1.29 is 52.8 Å². The molecule has 0 aliphatic carbocycles. The van der Waals surface area contributed by atoms with E-state index in [-0.39, 0.29) is 65.5 Å². The summed E-state index contributed by atoms with van der Waals surface area (Å²) in [7, 11) is 0. The summed E-state index contributed by atoms with van der Waals surface area (Å²) in [6.07, 6.45) is -1.18. The minimum Gasteiger partial charge on any atom is -0.494 e. The number of carbonyl (C=O) groups excluding carboxylic acids is 7. The number of amides is 6. The Morgan fingerprint density at radius 2 is 1.78 bits per heavy atom. The van der Waals surface area contributed by atoms with E-state index in [9.17, 15) is 43.7 Å². The molecule has 3 aliphatic heterocycles. The number of hydroxylamine groups is 2. The van der Waals surface area contributed by atoms with Gasteiger partial charge in [0.25, 0.3) is 29.3 Å². The molecule has 2 aromatic rings. The number of carbonyl (C=O) groups is 7. The molecule has 1 atom stereocenters. The zero-order valence-electron chi connectivity index (χ0n) is 23.4. The van der Waals surface area contributed by atoms with Crippen molar-refractivity contribution in [2.24, 2.45) is 0 Å². The van der Waals surface area contributed by atoms with Gasteiger partial charge in [-0.05, 0) is 37.1 Å². The maximum atomic E-state index is 13.2. The molecule has 2 N–H and O–H groups in total. The first-order valence-corrected chi connectivity index (χ1v) is 13.7. The number of hydrogen-bond acceptors (Lipinski definition) is 13. The van der Waals surface area contributed by atoms with Gasteiger partial charge in [-0.1, -0.05) is 11.1 Å². The number of nitro groups is 1. The summed E-state index contributed by atoms with van der Waals surface area (Å²) in [4.78, 5) is 101. The number of nitrogens with zero attached hydrogens (tertiary/aromatic N) is 3. The van der Waals surface area contributed by atoms with Crippen LogP contribution in [0.1, 0.15) is 58.4 Å². The lowest BCUT2D eigenvalue weighted by atomic mass is 10.0. The van der Waals surface area contributed by atoms with E-state index in [1.54, 1.807) is 12.1 Å². The number of imide groups is 3. The normalized spacial score (nSPS) is 17.7. The third kappa shape index (κ3) is 6.41. The van der Waals surface area contributed by atoms with Crippen molar-refractivity contribution >= 4 is 53.0 Å². The Balaban J connectivity index is 1.15. The van der Waals surface area contributed by atoms with Crippen LogP contribution in [0, 0.1) is 10.1 Å². The lowest BCUT2D eigenvalue weighted by Gasteiger charge is -2.27. The molecule has 2 saturated heterocycles. The van der Waals surface area contributed by atoms with Crippen molar-refractivity contribution in [1.29, 1.82) is 0 Å². The summed E-state index contributed by atoms with van der Waals surface area (Å²) in [5, 5.41) is 17.0. The van der Waals surface area contributed by atoms with Crippen LogP contribution in [0.25, 0.3) is 0 Å². The summed E-state index contributed by atoms with van der Waals surface area (Å²) >= 11 is 0. The smallest absolute Gasteiger partial charge is 0.494 e. The second kappa shape index (κ2) is 12.8. The highest BCUT2D eigenvalue weighted by Gasteiger charge is 2.45. The Morgan fingerprint density at radius 3 is 2.49 bits per heavy atom. The standard InChI is InChI=1S/C28H25N5O12/c34-21-8-7-20(25(37)30-21)31-26(38)17-3-1-4-18(24(17)27(31)39)29-11-2-12-43-16-5-6-19(33(41)42)15(13-16)14-44-28(40)45-32-22(35)9-10-23(32)36/h1,3-6,13,20,29H,2,7-12,14H2,(H,30,34,37). The van der Waals surface area contributed by atoms with E-state index in [1.807, 2.05) is 0 Å². The number of ether oxygens (including phenoxy) is 2. The van der Waals surface area contributed by atoms with Crippen molar-refractivity contribution in [1.82, 2.24) is 15.3 Å². The summed E-state index contributed by atoms with van der Waals surface area (Å²) in [5.74, 6) is -3.64. The molecule has 5 rings (SSSR count). The fourth-order valence-electron chi connectivity index (χ4n) is 4.99. The van der Waals surface area contributed by atoms with Crippen LogP contribution in [-0.4, -0.2) is 75.7 Å². The van der Waals surface area contributed by atoms with E-state index >= 15 is 0 Å². The van der Waals surface area contributed by atoms with Gasteiger partial charge in [0.1, 0.15) is 18.4 Å². The van der Waals surface area contributed by atoms with E-state index in [0.717, 1.165) is 11.0 Å². The van der Waals surface area contributed by atoms with Crippen LogP contribution in [0.4, 0.5) is 16.2 Å². The largest absolute Gasteiger partial charge is 0.534 e. The first kappa shape index (κ1) is 30.6. The van der Waals surface area contributed by atoms with Crippen molar-refractivity contribution in [3.8, 4) is 5.75 Å². The molecule has 0 saturated carbocycles. The maximum absolute atomic E-state index is 13.2. The van der Waals surface area contributed by atoms with Gasteiger partial charge in [-0.2, -0.15) is 0 Å². The molecule has 2 aromatic carbocycles. The monoisotopic (exact) mass is 623 g/mol. The molecule has 6 amide bonds. The van der Waals surface area contributed by atoms with Crippen LogP contribution in [0.5, 0.6) is 5.75 Å². The second-order valence-corrected chi connectivity index (χ2v) is 10.1. The molecular formula is C28H25N5O12. The molecule has 0 spiro atoms. The van der Waals surface area contributed by atoms with Gasteiger partial charge in [0.15, 0.2) is 0 Å². The number of benzene rings is 2. The second-order valence-electron chi connectivity index (χ2n) is 10.1. The number of rotatable bonds is 11. The zero-order chi connectivity index (χ0) is 32.2. The van der Waals surface area contributed by atoms with Crippen LogP contribution >= 0.6 is 0 Å². The Kier molecular flexibility index (Phi) is 8.69. The van der Waals surface area contributed by atoms with E-state index < -0.39 is 59.2 Å². The third-order valence-electron chi connectivity index (χ3n) is 7.14. The molecule has 45 heavy (non-hydrogen) atoms. The lowest BCUT2D eigenvalue weighted by molar-refractivity contribution is -0.385. The highest BCUT2D eigenvalue weighted by atomic mass is 16.8. The summed E-state index contributed by atoms with van der Waals surface area (Å²) in [5.41, 5.74) is 0.225. The lowest BCUT2D eigenvalue weighted by Crippen LogP contribution is -2.54. The summed E-state index contributed by atoms with van der Waals surface area (Å²) < 4.78 is 10.5. The Labute approximate surface area is 253 Å². The average Bonchev–Trinajstić information content (AvgIpc) is 3.45. The molecule has 17 nitrogen and oxygen atoms in total. The third-order valence-corrected chi connectivity index (χ3v) is 7.14. The molecule has 1 unspecified atom stereocenters. The number of nitro benzene ring substituents is 1. The number of anilines is 1. The van der Waals surface area contributed by atoms with E-state index in [4.69, 9.17) is 9.47 Å². The van der Waals surface area contributed by atoms with Gasteiger partial charge in [0.05, 0.1) is 28.2 Å². The van der Waals surface area contributed by atoms with E-state index in [1.165, 1.54) is 18.2 Å². The van der Waals surface area contributed by atoms with Crippen LogP contribution in [0.2, 0.25) is 0 Å². The Hall–Kier alpha value is -5.87. The maximum Gasteiger partial charge on any atom is 0.534 e. The zero-order valence-corrected chi connectivity index (χ0v) is 23.4. The molecule has 3 heterocycles. The first-order valence-electron chi connectivity index (χ1n) is 13.7. The summed E-state index contributed by atoms with van der Waals surface area (Å²) in [6, 6.07) is 7.41.